The molecule has 2 heterocycles. The number of nitrogens with zero attached hydrogens (tertiary/aromatic N) is 2. The highest BCUT2D eigenvalue weighted by atomic mass is 16.5. The van der Waals surface area contributed by atoms with Gasteiger partial charge in [0.05, 0.1) is 11.1 Å². The Morgan fingerprint density at radius 3 is 2.57 bits per heavy atom. The molecule has 3 aromatic carbocycles. The van der Waals surface area contributed by atoms with Crippen LogP contribution < -0.4 is 5.32 Å². The highest BCUT2D eigenvalue weighted by molar-refractivity contribution is 6.06. The van der Waals surface area contributed by atoms with Gasteiger partial charge in [0.25, 0.3) is 5.91 Å². The number of para-hydroxylation sites is 2. The molecule has 5 rings (SSSR count). The summed E-state index contributed by atoms with van der Waals surface area (Å²) in [5.74, 6) is -0.869. The molecule has 0 fully saturated rings. The molecule has 4 aromatic rings. The van der Waals surface area contributed by atoms with Crippen molar-refractivity contribution in [2.75, 3.05) is 25.5 Å². The zero-order valence-corrected chi connectivity index (χ0v) is 19.7. The molecule has 0 bridgehead atoms. The van der Waals surface area contributed by atoms with Crippen LogP contribution in [0, 0.1) is 0 Å². The number of ether oxygens (including phenoxy) is 1. The zero-order valence-electron chi connectivity index (χ0n) is 19.7. The predicted octanol–water partition coefficient (Wildman–Crippen LogP) is 4.61. The van der Waals surface area contributed by atoms with E-state index in [1.165, 1.54) is 0 Å². The molecule has 0 atom stereocenters. The number of carbonyl (C=O) groups excluding carboxylic acids is 2. The van der Waals surface area contributed by atoms with E-state index in [1.807, 2.05) is 73.8 Å². The first-order chi connectivity index (χ1) is 17.1. The topological polar surface area (TPSA) is 71.5 Å². The summed E-state index contributed by atoms with van der Waals surface area (Å²) in [6.45, 7) is 1.15. The summed E-state index contributed by atoms with van der Waals surface area (Å²) >= 11 is 0. The highest BCUT2D eigenvalue weighted by Crippen LogP contribution is 2.28. The summed E-state index contributed by atoms with van der Waals surface area (Å²) in [6.07, 6.45) is 1.47. The second kappa shape index (κ2) is 10.1. The molecule has 0 radical (unpaired) electrons. The van der Waals surface area contributed by atoms with Crippen molar-refractivity contribution in [3.05, 3.63) is 107 Å². The largest absolute Gasteiger partial charge is 0.452 e. The highest BCUT2D eigenvalue weighted by Gasteiger charge is 2.25. The molecule has 1 aliphatic heterocycles. The third-order valence-corrected chi connectivity index (χ3v) is 6.30. The quantitative estimate of drug-likeness (QED) is 0.421. The molecule has 1 amide bonds. The van der Waals surface area contributed by atoms with Crippen molar-refractivity contribution in [1.82, 2.24) is 9.88 Å². The van der Waals surface area contributed by atoms with Crippen LogP contribution in [0.25, 0.3) is 10.9 Å². The fraction of sp³-hybridized carbons (Fsp3) is 0.207. The van der Waals surface area contributed by atoms with Gasteiger partial charge in [0, 0.05) is 41.8 Å². The SMILES string of the molecule is CN1CCc2nc3ccccc3c(C(=O)OCC(=O)Nc3ccccc3Cc3ccccc3)c2C1. The third-order valence-electron chi connectivity index (χ3n) is 6.30. The van der Waals surface area contributed by atoms with E-state index in [0.29, 0.717) is 24.2 Å². The number of aromatic nitrogens is 1. The smallest absolute Gasteiger partial charge is 0.339 e. The van der Waals surface area contributed by atoms with Crippen LogP contribution in [0.3, 0.4) is 0 Å². The van der Waals surface area contributed by atoms with Crippen LogP contribution in [0.1, 0.15) is 32.7 Å². The van der Waals surface area contributed by atoms with E-state index in [9.17, 15) is 9.59 Å². The number of nitrogens with one attached hydrogen (secondary N) is 1. The van der Waals surface area contributed by atoms with E-state index in [-0.39, 0.29) is 12.5 Å². The second-order valence-electron chi connectivity index (χ2n) is 8.86. The summed E-state index contributed by atoms with van der Waals surface area (Å²) in [4.78, 5) is 32.9. The van der Waals surface area contributed by atoms with E-state index >= 15 is 0 Å². The van der Waals surface area contributed by atoms with Crippen molar-refractivity contribution < 1.29 is 14.3 Å². The van der Waals surface area contributed by atoms with Gasteiger partial charge in [0.15, 0.2) is 6.61 Å². The van der Waals surface area contributed by atoms with Crippen molar-refractivity contribution in [2.24, 2.45) is 0 Å². The number of anilines is 1. The average molecular weight is 466 g/mol. The maximum atomic E-state index is 13.3. The lowest BCUT2D eigenvalue weighted by Gasteiger charge is -2.26. The molecule has 6 nitrogen and oxygen atoms in total. The maximum Gasteiger partial charge on any atom is 0.339 e. The number of hydrogen-bond acceptors (Lipinski definition) is 5. The summed E-state index contributed by atoms with van der Waals surface area (Å²) < 4.78 is 5.53. The van der Waals surface area contributed by atoms with Crippen LogP contribution >= 0.6 is 0 Å². The predicted molar refractivity (Wildman–Crippen MR) is 136 cm³/mol. The number of fused-ring (bicyclic) bond motifs is 2. The number of rotatable bonds is 6. The Bertz CT molecular complexity index is 1380. The Kier molecular flexibility index (Phi) is 6.55. The Morgan fingerprint density at radius 2 is 1.71 bits per heavy atom. The van der Waals surface area contributed by atoms with E-state index in [1.54, 1.807) is 0 Å². The van der Waals surface area contributed by atoms with Gasteiger partial charge in [0.1, 0.15) is 0 Å². The maximum absolute atomic E-state index is 13.3. The summed E-state index contributed by atoms with van der Waals surface area (Å²) in [5, 5.41) is 3.66. The van der Waals surface area contributed by atoms with Crippen molar-refractivity contribution >= 4 is 28.5 Å². The molecule has 0 saturated heterocycles. The first kappa shape index (κ1) is 22.7. The summed E-state index contributed by atoms with van der Waals surface area (Å²) in [5.41, 5.74) is 5.95. The van der Waals surface area contributed by atoms with E-state index < -0.39 is 5.97 Å². The molecule has 1 aromatic heterocycles. The standard InChI is InChI=1S/C29H27N3O3/c1-32-16-15-26-23(18-32)28(22-12-6-8-14-25(22)30-26)29(34)35-19-27(33)31-24-13-7-5-11-21(24)17-20-9-3-2-4-10-20/h2-14H,15-19H2,1H3,(H,31,33). The zero-order chi connectivity index (χ0) is 24.2. The van der Waals surface area contributed by atoms with Crippen LogP contribution in [0.2, 0.25) is 0 Å². The molecule has 0 unspecified atom stereocenters. The van der Waals surface area contributed by atoms with Gasteiger partial charge in [-0.15, -0.1) is 0 Å². The van der Waals surface area contributed by atoms with Gasteiger partial charge in [-0.3, -0.25) is 9.78 Å². The van der Waals surface area contributed by atoms with Crippen LogP contribution in [0.5, 0.6) is 0 Å². The molecular formula is C29H27N3O3. The number of benzene rings is 3. The van der Waals surface area contributed by atoms with E-state index in [4.69, 9.17) is 9.72 Å². The number of amides is 1. The molecule has 0 spiro atoms. The number of pyridine rings is 1. The van der Waals surface area contributed by atoms with Gasteiger partial charge in [-0.2, -0.15) is 0 Å². The Labute approximate surface area is 204 Å². The number of esters is 1. The van der Waals surface area contributed by atoms with Crippen LogP contribution in [-0.2, 0) is 28.9 Å². The lowest BCUT2D eigenvalue weighted by atomic mass is 9.96. The lowest BCUT2D eigenvalue weighted by Crippen LogP contribution is -2.30. The van der Waals surface area contributed by atoms with Crippen molar-refractivity contribution in [3.63, 3.8) is 0 Å². The van der Waals surface area contributed by atoms with Crippen LogP contribution in [0.4, 0.5) is 5.69 Å². The molecule has 0 aliphatic carbocycles. The Balaban J connectivity index is 1.32. The first-order valence-electron chi connectivity index (χ1n) is 11.8. The average Bonchev–Trinajstić information content (AvgIpc) is 2.88. The number of likely N-dealkylation sites (N-methyl/N-ethyl adjacent to an activating group) is 1. The van der Waals surface area contributed by atoms with Crippen molar-refractivity contribution in [2.45, 2.75) is 19.4 Å². The fourth-order valence-corrected chi connectivity index (χ4v) is 4.56. The molecule has 176 valence electrons. The van der Waals surface area contributed by atoms with E-state index in [0.717, 1.165) is 46.3 Å². The van der Waals surface area contributed by atoms with Crippen molar-refractivity contribution in [3.8, 4) is 0 Å². The second-order valence-corrected chi connectivity index (χ2v) is 8.86. The monoisotopic (exact) mass is 465 g/mol. The number of hydrogen-bond donors (Lipinski definition) is 1. The van der Waals surface area contributed by atoms with Gasteiger partial charge in [-0.25, -0.2) is 4.79 Å². The summed E-state index contributed by atoms with van der Waals surface area (Å²) in [6, 6.07) is 25.3. The molecule has 1 aliphatic rings. The first-order valence-corrected chi connectivity index (χ1v) is 11.8. The fourth-order valence-electron chi connectivity index (χ4n) is 4.56. The third kappa shape index (κ3) is 5.08. The minimum atomic E-state index is -0.497. The molecule has 0 saturated carbocycles. The van der Waals surface area contributed by atoms with Gasteiger partial charge < -0.3 is 15.0 Å². The van der Waals surface area contributed by atoms with Crippen LogP contribution in [0.15, 0.2) is 78.9 Å². The summed E-state index contributed by atoms with van der Waals surface area (Å²) in [7, 11) is 2.02. The minimum Gasteiger partial charge on any atom is -0.452 e. The molecule has 35 heavy (non-hydrogen) atoms. The molecule has 6 heteroatoms. The van der Waals surface area contributed by atoms with Gasteiger partial charge in [-0.05, 0) is 36.7 Å². The van der Waals surface area contributed by atoms with Gasteiger partial charge in [-0.1, -0.05) is 66.7 Å². The molecular weight excluding hydrogens is 438 g/mol. The van der Waals surface area contributed by atoms with Gasteiger partial charge >= 0.3 is 5.97 Å². The Morgan fingerprint density at radius 1 is 0.971 bits per heavy atom. The lowest BCUT2D eigenvalue weighted by molar-refractivity contribution is -0.119. The van der Waals surface area contributed by atoms with Gasteiger partial charge in [0.2, 0.25) is 0 Å². The number of carbonyl (C=O) groups is 2. The van der Waals surface area contributed by atoms with E-state index in [2.05, 4.69) is 22.3 Å². The van der Waals surface area contributed by atoms with Crippen molar-refractivity contribution in [1.29, 1.82) is 0 Å². The normalized spacial score (nSPS) is 13.3. The Hall–Kier alpha value is -4.03. The minimum absolute atomic E-state index is 0.361. The molecule has 1 N–H and O–H groups in total. The van der Waals surface area contributed by atoms with Crippen LogP contribution in [-0.4, -0.2) is 42.0 Å².